The van der Waals surface area contributed by atoms with Crippen molar-refractivity contribution in [2.45, 2.75) is 19.4 Å². The molecule has 0 aliphatic heterocycles. The first-order valence-electron chi connectivity index (χ1n) is 4.80. The van der Waals surface area contributed by atoms with Gasteiger partial charge < -0.3 is 4.74 Å². The topological polar surface area (TPSA) is 26.3 Å². The van der Waals surface area contributed by atoms with E-state index < -0.39 is 11.6 Å². The van der Waals surface area contributed by atoms with E-state index in [1.165, 1.54) is 0 Å². The zero-order valence-electron chi connectivity index (χ0n) is 8.87. The molecule has 0 aliphatic rings. The Morgan fingerprint density at radius 1 is 1.44 bits per heavy atom. The van der Waals surface area contributed by atoms with Crippen LogP contribution in [0.5, 0.6) is 5.75 Å². The highest BCUT2D eigenvalue weighted by Crippen LogP contribution is 2.22. The second-order valence-electron chi connectivity index (χ2n) is 3.37. The summed E-state index contributed by atoms with van der Waals surface area (Å²) in [6.45, 7) is 5.28. The molecule has 1 aromatic rings. The van der Waals surface area contributed by atoms with Gasteiger partial charge in [0, 0.05) is 12.5 Å². The molecule has 4 heteroatoms. The highest BCUT2D eigenvalue weighted by Gasteiger charge is 2.12. The zero-order valence-corrected chi connectivity index (χ0v) is 8.87. The van der Waals surface area contributed by atoms with Gasteiger partial charge in [0.25, 0.3) is 0 Å². The van der Waals surface area contributed by atoms with Gasteiger partial charge in [0.1, 0.15) is 5.75 Å². The molecule has 0 fully saturated rings. The van der Waals surface area contributed by atoms with Crippen LogP contribution in [0, 0.1) is 11.6 Å². The van der Waals surface area contributed by atoms with Crippen LogP contribution in [0.3, 0.4) is 0 Å². The standard InChI is InChI=1S/C12H12F2O2/c1-3-4-8(2)16-12-6-11(14)10(13)5-9(12)7-15/h3,5-8H,1,4H2,2H3/t8-/m0/s1. The molecular weight excluding hydrogens is 214 g/mol. The minimum absolute atomic E-state index is 0.00480. The van der Waals surface area contributed by atoms with Crippen LogP contribution in [0.4, 0.5) is 8.78 Å². The number of rotatable bonds is 5. The van der Waals surface area contributed by atoms with E-state index in [0.717, 1.165) is 12.1 Å². The van der Waals surface area contributed by atoms with Crippen molar-refractivity contribution in [3.8, 4) is 5.75 Å². The van der Waals surface area contributed by atoms with Crippen molar-refractivity contribution in [3.05, 3.63) is 42.0 Å². The maximum atomic E-state index is 12.9. The maximum absolute atomic E-state index is 12.9. The predicted octanol–water partition coefficient (Wildman–Crippen LogP) is 3.12. The Balaban J connectivity index is 2.98. The molecule has 0 radical (unpaired) electrons. The van der Waals surface area contributed by atoms with Crippen LogP contribution in [-0.4, -0.2) is 12.4 Å². The van der Waals surface area contributed by atoms with E-state index >= 15 is 0 Å². The number of carbonyl (C=O) groups is 1. The Bertz CT molecular complexity index is 402. The van der Waals surface area contributed by atoms with Gasteiger partial charge in [0.15, 0.2) is 17.9 Å². The van der Waals surface area contributed by atoms with Crippen LogP contribution in [0.1, 0.15) is 23.7 Å². The van der Waals surface area contributed by atoms with Gasteiger partial charge in [-0.2, -0.15) is 0 Å². The second kappa shape index (κ2) is 5.39. The molecule has 0 saturated heterocycles. The number of benzene rings is 1. The van der Waals surface area contributed by atoms with Crippen LogP contribution >= 0.6 is 0 Å². The summed E-state index contributed by atoms with van der Waals surface area (Å²) in [5.41, 5.74) is -0.00480. The molecule has 0 bridgehead atoms. The lowest BCUT2D eigenvalue weighted by atomic mass is 10.2. The summed E-state index contributed by atoms with van der Waals surface area (Å²) in [6.07, 6.45) is 2.38. The molecule has 1 atom stereocenters. The SMILES string of the molecule is C=CC[C@H](C)Oc1cc(F)c(F)cc1C=O. The van der Waals surface area contributed by atoms with Crippen LogP contribution in [0.25, 0.3) is 0 Å². The smallest absolute Gasteiger partial charge is 0.162 e. The molecule has 1 rings (SSSR count). The summed E-state index contributed by atoms with van der Waals surface area (Å²) in [5.74, 6) is -2.06. The van der Waals surface area contributed by atoms with Crippen molar-refractivity contribution in [2.75, 3.05) is 0 Å². The number of carbonyl (C=O) groups excluding carboxylic acids is 1. The third kappa shape index (κ3) is 2.89. The average molecular weight is 226 g/mol. The molecule has 0 N–H and O–H groups in total. The van der Waals surface area contributed by atoms with Crippen LogP contribution in [0.15, 0.2) is 24.8 Å². The van der Waals surface area contributed by atoms with Gasteiger partial charge in [-0.3, -0.25) is 4.79 Å². The lowest BCUT2D eigenvalue weighted by Gasteiger charge is -2.14. The second-order valence-corrected chi connectivity index (χ2v) is 3.37. The molecule has 0 aromatic heterocycles. The van der Waals surface area contributed by atoms with E-state index in [1.54, 1.807) is 13.0 Å². The molecule has 2 nitrogen and oxygen atoms in total. The van der Waals surface area contributed by atoms with Crippen molar-refractivity contribution in [1.82, 2.24) is 0 Å². The molecule has 0 aliphatic carbocycles. The van der Waals surface area contributed by atoms with E-state index in [2.05, 4.69) is 6.58 Å². The van der Waals surface area contributed by atoms with Gasteiger partial charge in [-0.25, -0.2) is 8.78 Å². The van der Waals surface area contributed by atoms with Crippen LogP contribution in [-0.2, 0) is 0 Å². The van der Waals surface area contributed by atoms with Crippen molar-refractivity contribution in [1.29, 1.82) is 0 Å². The van der Waals surface area contributed by atoms with Gasteiger partial charge in [-0.15, -0.1) is 6.58 Å². The first-order valence-corrected chi connectivity index (χ1v) is 4.80. The zero-order chi connectivity index (χ0) is 12.1. The van der Waals surface area contributed by atoms with Gasteiger partial charge in [-0.05, 0) is 13.0 Å². The Labute approximate surface area is 92.5 Å². The number of aldehydes is 1. The summed E-state index contributed by atoms with van der Waals surface area (Å²) in [5, 5.41) is 0. The van der Waals surface area contributed by atoms with Crippen molar-refractivity contribution < 1.29 is 18.3 Å². The maximum Gasteiger partial charge on any atom is 0.162 e. The fraction of sp³-hybridized carbons (Fsp3) is 0.250. The third-order valence-corrected chi connectivity index (χ3v) is 2.01. The largest absolute Gasteiger partial charge is 0.490 e. The highest BCUT2D eigenvalue weighted by molar-refractivity contribution is 5.79. The Morgan fingerprint density at radius 2 is 2.06 bits per heavy atom. The summed E-state index contributed by atoms with van der Waals surface area (Å²) < 4.78 is 31.1. The third-order valence-electron chi connectivity index (χ3n) is 2.01. The Morgan fingerprint density at radius 3 is 2.62 bits per heavy atom. The van der Waals surface area contributed by atoms with Crippen molar-refractivity contribution in [2.24, 2.45) is 0 Å². The first-order chi connectivity index (χ1) is 7.58. The molecule has 0 saturated carbocycles. The monoisotopic (exact) mass is 226 g/mol. The highest BCUT2D eigenvalue weighted by atomic mass is 19.2. The average Bonchev–Trinajstić information content (AvgIpc) is 2.23. The van der Waals surface area contributed by atoms with Gasteiger partial charge >= 0.3 is 0 Å². The van der Waals surface area contributed by atoms with E-state index in [-0.39, 0.29) is 17.4 Å². The summed E-state index contributed by atoms with van der Waals surface area (Å²) in [4.78, 5) is 10.6. The molecule has 0 spiro atoms. The Kier molecular flexibility index (Phi) is 4.17. The van der Waals surface area contributed by atoms with E-state index in [1.807, 2.05) is 0 Å². The summed E-state index contributed by atoms with van der Waals surface area (Å²) in [6, 6.07) is 1.69. The molecule has 1 aromatic carbocycles. The van der Waals surface area contributed by atoms with Gasteiger partial charge in [0.2, 0.25) is 0 Å². The number of hydrogen-bond acceptors (Lipinski definition) is 2. The predicted molar refractivity (Wildman–Crippen MR) is 56.6 cm³/mol. The van der Waals surface area contributed by atoms with Gasteiger partial charge in [0.05, 0.1) is 11.7 Å². The number of ether oxygens (including phenoxy) is 1. The van der Waals surface area contributed by atoms with E-state index in [0.29, 0.717) is 12.7 Å². The minimum Gasteiger partial charge on any atom is -0.490 e. The molecule has 0 amide bonds. The fourth-order valence-corrected chi connectivity index (χ4v) is 1.24. The molecule has 86 valence electrons. The quantitative estimate of drug-likeness (QED) is 0.569. The number of halogens is 2. The van der Waals surface area contributed by atoms with Gasteiger partial charge in [-0.1, -0.05) is 6.08 Å². The molecule has 16 heavy (non-hydrogen) atoms. The van der Waals surface area contributed by atoms with E-state index in [9.17, 15) is 13.6 Å². The van der Waals surface area contributed by atoms with Crippen LogP contribution < -0.4 is 4.74 Å². The van der Waals surface area contributed by atoms with E-state index in [4.69, 9.17) is 4.74 Å². The normalized spacial score (nSPS) is 11.9. The van der Waals surface area contributed by atoms with Crippen LogP contribution in [0.2, 0.25) is 0 Å². The first kappa shape index (κ1) is 12.4. The lowest BCUT2D eigenvalue weighted by Crippen LogP contribution is -2.12. The lowest BCUT2D eigenvalue weighted by molar-refractivity contribution is 0.111. The number of hydrogen-bond donors (Lipinski definition) is 0. The minimum atomic E-state index is -1.06. The Hall–Kier alpha value is -1.71. The molecule has 0 unspecified atom stereocenters. The summed E-state index contributed by atoms with van der Waals surface area (Å²) >= 11 is 0. The summed E-state index contributed by atoms with van der Waals surface area (Å²) in [7, 11) is 0. The molecular formula is C12H12F2O2. The van der Waals surface area contributed by atoms with Crippen molar-refractivity contribution in [3.63, 3.8) is 0 Å². The molecule has 0 heterocycles. The fourth-order valence-electron chi connectivity index (χ4n) is 1.24. The van der Waals surface area contributed by atoms with Crippen molar-refractivity contribution >= 4 is 6.29 Å².